The molecule has 34 heavy (non-hydrogen) atoms. The molecule has 178 valence electrons. The van der Waals surface area contributed by atoms with Crippen LogP contribution in [0.2, 0.25) is 0 Å². The van der Waals surface area contributed by atoms with Crippen molar-refractivity contribution in [3.05, 3.63) is 95.1 Å². The summed E-state index contributed by atoms with van der Waals surface area (Å²) in [7, 11) is 0. The maximum atomic E-state index is 12.1. The first-order valence-electron chi connectivity index (χ1n) is 11.2. The van der Waals surface area contributed by atoms with Crippen LogP contribution in [0.25, 0.3) is 0 Å². The smallest absolute Gasteiger partial charge is 0.338 e. The van der Waals surface area contributed by atoms with Crippen LogP contribution in [-0.4, -0.2) is 12.6 Å². The number of hydrogen-bond donors (Lipinski definition) is 0. The Bertz CT molecular complexity index is 1080. The molecule has 3 aromatic carbocycles. The molecule has 0 radical (unpaired) electrons. The fourth-order valence-electron chi connectivity index (χ4n) is 2.95. The molecule has 3 rings (SSSR count). The van der Waals surface area contributed by atoms with Gasteiger partial charge in [0.1, 0.15) is 24.7 Å². The molecule has 0 saturated carbocycles. The highest BCUT2D eigenvalue weighted by Gasteiger charge is 2.09. The molecule has 0 fully saturated rings. The van der Waals surface area contributed by atoms with E-state index >= 15 is 0 Å². The molecule has 0 saturated heterocycles. The average Bonchev–Trinajstić information content (AvgIpc) is 2.86. The lowest BCUT2D eigenvalue weighted by atomic mass is 10.1. The second-order valence-electron chi connectivity index (χ2n) is 7.93. The van der Waals surface area contributed by atoms with Gasteiger partial charge in [0.2, 0.25) is 0 Å². The molecule has 0 bridgehead atoms. The predicted molar refractivity (Wildman–Crippen MR) is 141 cm³/mol. The van der Waals surface area contributed by atoms with Crippen LogP contribution in [0, 0.1) is 17.8 Å². The first kappa shape index (κ1) is 26.9. The molecule has 4 nitrogen and oxygen atoms in total. The van der Waals surface area contributed by atoms with E-state index in [2.05, 4.69) is 25.7 Å². The quantitative estimate of drug-likeness (QED) is 0.246. The SMILES string of the molecule is CC#Cc1ccc(COc2ccc(COc3ccc(C(=O)OCC(C)CC)cc3)cc2)cc1.S. The Labute approximate surface area is 209 Å². The van der Waals surface area contributed by atoms with Gasteiger partial charge in [-0.3, -0.25) is 0 Å². The van der Waals surface area contributed by atoms with Gasteiger partial charge >= 0.3 is 5.97 Å². The lowest BCUT2D eigenvalue weighted by Gasteiger charge is -2.11. The van der Waals surface area contributed by atoms with Gasteiger partial charge in [-0.05, 0) is 72.5 Å². The van der Waals surface area contributed by atoms with Crippen LogP contribution >= 0.6 is 13.5 Å². The van der Waals surface area contributed by atoms with Gasteiger partial charge in [-0.2, -0.15) is 13.5 Å². The van der Waals surface area contributed by atoms with E-state index < -0.39 is 0 Å². The topological polar surface area (TPSA) is 44.8 Å². The molecule has 1 unspecified atom stereocenters. The third-order valence-corrected chi connectivity index (χ3v) is 5.24. The highest BCUT2D eigenvalue weighted by molar-refractivity contribution is 7.59. The highest BCUT2D eigenvalue weighted by Crippen LogP contribution is 2.18. The van der Waals surface area contributed by atoms with Crippen LogP contribution in [0.1, 0.15) is 54.2 Å². The molecular formula is C29H32O4S. The van der Waals surface area contributed by atoms with Gasteiger partial charge in [-0.15, -0.1) is 5.92 Å². The second-order valence-corrected chi connectivity index (χ2v) is 7.93. The molecule has 0 aromatic heterocycles. The number of ether oxygens (including phenoxy) is 3. The van der Waals surface area contributed by atoms with E-state index in [0.717, 1.165) is 28.9 Å². The summed E-state index contributed by atoms with van der Waals surface area (Å²) in [5.41, 5.74) is 3.65. The minimum atomic E-state index is -0.303. The third kappa shape index (κ3) is 8.53. The van der Waals surface area contributed by atoms with Crippen LogP contribution in [0.15, 0.2) is 72.8 Å². The maximum Gasteiger partial charge on any atom is 0.338 e. The Morgan fingerprint density at radius 3 is 1.82 bits per heavy atom. The van der Waals surface area contributed by atoms with Gasteiger partial charge < -0.3 is 14.2 Å². The Hall–Kier alpha value is -3.36. The Balaban J connectivity index is 0.00000408. The first-order valence-corrected chi connectivity index (χ1v) is 11.2. The number of rotatable bonds is 10. The maximum absolute atomic E-state index is 12.1. The van der Waals surface area contributed by atoms with Gasteiger partial charge in [0.25, 0.3) is 0 Å². The molecule has 0 aliphatic rings. The van der Waals surface area contributed by atoms with Crippen molar-refractivity contribution in [3.8, 4) is 23.3 Å². The molecule has 0 spiro atoms. The second kappa shape index (κ2) is 14.0. The highest BCUT2D eigenvalue weighted by atomic mass is 32.1. The summed E-state index contributed by atoms with van der Waals surface area (Å²) < 4.78 is 17.0. The average molecular weight is 477 g/mol. The van der Waals surface area contributed by atoms with Gasteiger partial charge in [-0.1, -0.05) is 50.5 Å². The zero-order valence-corrected chi connectivity index (χ0v) is 21.0. The Morgan fingerprint density at radius 1 is 0.824 bits per heavy atom. The fourth-order valence-corrected chi connectivity index (χ4v) is 2.95. The van der Waals surface area contributed by atoms with Crippen molar-refractivity contribution < 1.29 is 19.0 Å². The van der Waals surface area contributed by atoms with Crippen molar-refractivity contribution in [2.75, 3.05) is 6.61 Å². The summed E-state index contributed by atoms with van der Waals surface area (Å²) in [6.07, 6.45) is 0.982. The number of esters is 1. The number of carbonyl (C=O) groups is 1. The van der Waals surface area contributed by atoms with Gasteiger partial charge in [-0.25, -0.2) is 4.79 Å². The lowest BCUT2D eigenvalue weighted by Crippen LogP contribution is -2.11. The monoisotopic (exact) mass is 476 g/mol. The fraction of sp³-hybridized carbons (Fsp3) is 0.276. The minimum Gasteiger partial charge on any atom is -0.489 e. The largest absolute Gasteiger partial charge is 0.489 e. The van der Waals surface area contributed by atoms with E-state index in [4.69, 9.17) is 14.2 Å². The van der Waals surface area contributed by atoms with Gasteiger partial charge in [0.05, 0.1) is 12.2 Å². The zero-order valence-electron chi connectivity index (χ0n) is 20.0. The van der Waals surface area contributed by atoms with Crippen molar-refractivity contribution in [1.29, 1.82) is 0 Å². The van der Waals surface area contributed by atoms with E-state index in [-0.39, 0.29) is 19.5 Å². The van der Waals surface area contributed by atoms with E-state index in [1.54, 1.807) is 24.3 Å². The summed E-state index contributed by atoms with van der Waals surface area (Å²) in [5, 5.41) is 0. The van der Waals surface area contributed by atoms with Crippen LogP contribution in [0.5, 0.6) is 11.5 Å². The van der Waals surface area contributed by atoms with Crippen LogP contribution < -0.4 is 9.47 Å². The molecule has 0 N–H and O–H groups in total. The summed E-state index contributed by atoms with van der Waals surface area (Å²) in [6.45, 7) is 7.34. The number of benzene rings is 3. The minimum absolute atomic E-state index is 0. The van der Waals surface area contributed by atoms with Crippen molar-refractivity contribution in [2.45, 2.75) is 40.4 Å². The Kier molecular flexibility index (Phi) is 11.1. The molecule has 5 heteroatoms. The molecule has 0 heterocycles. The van der Waals surface area contributed by atoms with Gasteiger partial charge in [0, 0.05) is 5.56 Å². The number of carbonyl (C=O) groups excluding carboxylic acids is 1. The van der Waals surface area contributed by atoms with E-state index in [9.17, 15) is 4.79 Å². The number of hydrogen-bond acceptors (Lipinski definition) is 4. The first-order chi connectivity index (χ1) is 16.1. The van der Waals surface area contributed by atoms with Crippen LogP contribution in [-0.2, 0) is 18.0 Å². The van der Waals surface area contributed by atoms with Gasteiger partial charge in [0.15, 0.2) is 0 Å². The molecular weight excluding hydrogens is 444 g/mol. The van der Waals surface area contributed by atoms with Crippen molar-refractivity contribution >= 4 is 19.5 Å². The summed E-state index contributed by atoms with van der Waals surface area (Å²) >= 11 is 0. The van der Waals surface area contributed by atoms with Crippen molar-refractivity contribution in [2.24, 2.45) is 5.92 Å². The van der Waals surface area contributed by atoms with Crippen LogP contribution in [0.4, 0.5) is 0 Å². The normalized spacial score (nSPS) is 10.8. The molecule has 3 aromatic rings. The summed E-state index contributed by atoms with van der Waals surface area (Å²) in [5.74, 6) is 7.49. The standard InChI is InChI=1S/C29H30O4.H2S/c1-4-6-23-7-9-24(10-8-23)20-31-27-15-11-25(12-16-27)21-32-28-17-13-26(14-18-28)29(30)33-19-22(3)5-2;/h7-18,22H,5,19-21H2,1-3H3;1H2. The predicted octanol–water partition coefficient (Wildman–Crippen LogP) is 6.53. The van der Waals surface area contributed by atoms with Crippen molar-refractivity contribution in [1.82, 2.24) is 0 Å². The summed E-state index contributed by atoms with van der Waals surface area (Å²) in [4.78, 5) is 12.1. The third-order valence-electron chi connectivity index (χ3n) is 5.24. The van der Waals surface area contributed by atoms with Crippen molar-refractivity contribution in [3.63, 3.8) is 0 Å². The van der Waals surface area contributed by atoms with E-state index in [0.29, 0.717) is 37.1 Å². The van der Waals surface area contributed by atoms with Crippen LogP contribution in [0.3, 0.4) is 0 Å². The molecule has 0 aliphatic carbocycles. The molecule has 0 amide bonds. The molecule has 1 atom stereocenters. The lowest BCUT2D eigenvalue weighted by molar-refractivity contribution is 0.0447. The summed E-state index contributed by atoms with van der Waals surface area (Å²) in [6, 6.07) is 22.9. The zero-order chi connectivity index (χ0) is 23.5. The Morgan fingerprint density at radius 2 is 1.32 bits per heavy atom. The van der Waals surface area contributed by atoms with E-state index in [1.807, 2.05) is 55.5 Å². The van der Waals surface area contributed by atoms with E-state index in [1.165, 1.54) is 0 Å². The molecule has 0 aliphatic heterocycles.